The minimum absolute atomic E-state index is 0.108. The maximum absolute atomic E-state index is 13.9. The number of ether oxygens (including phenoxy) is 1. The molecule has 5 nitrogen and oxygen atoms in total. The Hall–Kier alpha value is -1.18. The molecule has 0 fully saturated rings. The van der Waals surface area contributed by atoms with E-state index in [0.717, 1.165) is 6.26 Å². The number of rotatable bonds is 3. The van der Waals surface area contributed by atoms with Crippen LogP contribution in [0.1, 0.15) is 36.6 Å². The van der Waals surface area contributed by atoms with Crippen molar-refractivity contribution in [2.75, 3.05) is 12.9 Å². The van der Waals surface area contributed by atoms with Gasteiger partial charge >= 0.3 is 0 Å². The van der Waals surface area contributed by atoms with Crippen molar-refractivity contribution >= 4 is 10.0 Å². The number of nitrogens with one attached hydrogen (secondary N) is 1. The van der Waals surface area contributed by atoms with Crippen molar-refractivity contribution in [3.05, 3.63) is 29.1 Å². The van der Waals surface area contributed by atoms with Crippen LogP contribution in [-0.2, 0) is 10.0 Å². The number of benzene rings is 1. The zero-order chi connectivity index (χ0) is 14.2. The van der Waals surface area contributed by atoms with Gasteiger partial charge < -0.3 is 10.5 Å². The van der Waals surface area contributed by atoms with Crippen molar-refractivity contribution in [1.29, 1.82) is 0 Å². The third-order valence-corrected chi connectivity index (χ3v) is 3.72. The smallest absolute Gasteiger partial charge is 0.209 e. The fraction of sp³-hybridized carbons (Fsp3) is 0.500. The number of hydrogen-bond donors (Lipinski definition) is 2. The summed E-state index contributed by atoms with van der Waals surface area (Å²) in [6.45, 7) is 2.01. The summed E-state index contributed by atoms with van der Waals surface area (Å²) in [6, 6.07) is 2.21. The third-order valence-electron chi connectivity index (χ3n) is 3.01. The van der Waals surface area contributed by atoms with Crippen molar-refractivity contribution in [3.8, 4) is 5.75 Å². The average Bonchev–Trinajstić information content (AvgIpc) is 2.27. The lowest BCUT2D eigenvalue weighted by Crippen LogP contribution is -2.32. The topological polar surface area (TPSA) is 81.4 Å². The van der Waals surface area contributed by atoms with Crippen LogP contribution in [0.2, 0.25) is 0 Å². The van der Waals surface area contributed by atoms with Gasteiger partial charge in [0.2, 0.25) is 10.0 Å². The summed E-state index contributed by atoms with van der Waals surface area (Å²) in [6.07, 6.45) is 1.54. The molecule has 0 radical (unpaired) electrons. The molecule has 1 aliphatic heterocycles. The van der Waals surface area contributed by atoms with Crippen LogP contribution >= 0.6 is 0 Å². The molecule has 1 aliphatic rings. The molecule has 0 aromatic heterocycles. The standard InChI is InChI=1S/C12H17FN2O3S/c1-7(14)8-5-9-11(15-19(2,16)17)3-4-18-12(9)10(13)6-8/h5-7,11,15H,3-4,14H2,1-2H3. The molecule has 3 N–H and O–H groups in total. The van der Waals surface area contributed by atoms with E-state index in [0.29, 0.717) is 17.5 Å². The molecule has 1 aromatic carbocycles. The number of sulfonamides is 1. The number of halogens is 1. The van der Waals surface area contributed by atoms with Gasteiger partial charge in [-0.3, -0.25) is 0 Å². The van der Waals surface area contributed by atoms with Gasteiger partial charge in [-0.2, -0.15) is 0 Å². The molecular formula is C12H17FN2O3S. The molecule has 2 rings (SSSR count). The fourth-order valence-corrected chi connectivity index (χ4v) is 2.89. The Morgan fingerprint density at radius 1 is 1.53 bits per heavy atom. The largest absolute Gasteiger partial charge is 0.490 e. The first kappa shape index (κ1) is 14.2. The van der Waals surface area contributed by atoms with Gasteiger partial charge in [-0.15, -0.1) is 0 Å². The summed E-state index contributed by atoms with van der Waals surface area (Å²) in [4.78, 5) is 0. The molecule has 19 heavy (non-hydrogen) atoms. The molecule has 0 spiro atoms. The van der Waals surface area contributed by atoms with Crippen molar-refractivity contribution in [2.24, 2.45) is 5.73 Å². The normalized spacial score (nSPS) is 20.5. The predicted octanol–water partition coefficient (Wildman–Crippen LogP) is 1.22. The van der Waals surface area contributed by atoms with Gasteiger partial charge in [-0.1, -0.05) is 0 Å². The Labute approximate surface area is 112 Å². The van der Waals surface area contributed by atoms with Crippen LogP contribution in [0.4, 0.5) is 4.39 Å². The van der Waals surface area contributed by atoms with Crippen LogP contribution in [0.25, 0.3) is 0 Å². The van der Waals surface area contributed by atoms with Crippen molar-refractivity contribution < 1.29 is 17.5 Å². The van der Waals surface area contributed by atoms with Gasteiger partial charge in [-0.25, -0.2) is 17.5 Å². The molecule has 0 saturated carbocycles. The molecule has 1 aromatic rings. The molecule has 0 saturated heterocycles. The number of fused-ring (bicyclic) bond motifs is 1. The number of nitrogens with two attached hydrogens (primary N) is 1. The second kappa shape index (κ2) is 5.07. The third kappa shape index (κ3) is 3.23. The Morgan fingerprint density at radius 2 is 2.21 bits per heavy atom. The highest BCUT2D eigenvalue weighted by molar-refractivity contribution is 7.88. The maximum atomic E-state index is 13.9. The molecule has 7 heteroatoms. The van der Waals surface area contributed by atoms with Crippen LogP contribution < -0.4 is 15.2 Å². The van der Waals surface area contributed by atoms with Gasteiger partial charge in [0.15, 0.2) is 11.6 Å². The molecule has 0 bridgehead atoms. The van der Waals surface area contributed by atoms with Crippen LogP contribution in [0.3, 0.4) is 0 Å². The van der Waals surface area contributed by atoms with Crippen molar-refractivity contribution in [3.63, 3.8) is 0 Å². The van der Waals surface area contributed by atoms with E-state index in [4.69, 9.17) is 10.5 Å². The highest BCUT2D eigenvalue weighted by atomic mass is 32.2. The van der Waals surface area contributed by atoms with Crippen LogP contribution in [0.15, 0.2) is 12.1 Å². The molecule has 1 heterocycles. The van der Waals surface area contributed by atoms with E-state index in [-0.39, 0.29) is 18.4 Å². The molecule has 106 valence electrons. The zero-order valence-corrected chi connectivity index (χ0v) is 11.6. The van der Waals surface area contributed by atoms with Crippen LogP contribution in [0, 0.1) is 5.82 Å². The minimum Gasteiger partial charge on any atom is -0.490 e. The lowest BCUT2D eigenvalue weighted by Gasteiger charge is -2.27. The summed E-state index contributed by atoms with van der Waals surface area (Å²) in [5, 5.41) is 0. The fourth-order valence-electron chi connectivity index (χ4n) is 2.13. The summed E-state index contributed by atoms with van der Waals surface area (Å²) < 4.78 is 44.4. The first-order chi connectivity index (χ1) is 8.78. The Kier molecular flexibility index (Phi) is 3.80. The van der Waals surface area contributed by atoms with Crippen molar-refractivity contribution in [1.82, 2.24) is 4.72 Å². The summed E-state index contributed by atoms with van der Waals surface area (Å²) in [7, 11) is -3.37. The second-order valence-electron chi connectivity index (χ2n) is 4.79. The molecule has 2 atom stereocenters. The summed E-state index contributed by atoms with van der Waals surface area (Å²) in [5.41, 5.74) is 6.86. The highest BCUT2D eigenvalue weighted by Gasteiger charge is 2.27. The van der Waals surface area contributed by atoms with Crippen LogP contribution in [-0.4, -0.2) is 21.3 Å². The highest BCUT2D eigenvalue weighted by Crippen LogP contribution is 2.36. The van der Waals surface area contributed by atoms with Crippen molar-refractivity contribution in [2.45, 2.75) is 25.4 Å². The SMILES string of the molecule is CC(N)c1cc(F)c2c(c1)C(NS(C)(=O)=O)CCO2. The maximum Gasteiger partial charge on any atom is 0.209 e. The monoisotopic (exact) mass is 288 g/mol. The summed E-state index contributed by atoms with van der Waals surface area (Å²) >= 11 is 0. The van der Waals surface area contributed by atoms with E-state index in [1.165, 1.54) is 6.07 Å². The Balaban J connectivity index is 2.47. The van der Waals surface area contributed by atoms with E-state index in [2.05, 4.69) is 4.72 Å². The lowest BCUT2D eigenvalue weighted by atomic mass is 9.96. The molecular weight excluding hydrogens is 271 g/mol. The predicted molar refractivity (Wildman–Crippen MR) is 69.8 cm³/mol. The molecule has 2 unspecified atom stereocenters. The van der Waals surface area contributed by atoms with E-state index in [1.54, 1.807) is 13.0 Å². The average molecular weight is 288 g/mol. The van der Waals surface area contributed by atoms with E-state index in [9.17, 15) is 12.8 Å². The van der Waals surface area contributed by atoms with E-state index in [1.807, 2.05) is 0 Å². The second-order valence-corrected chi connectivity index (χ2v) is 6.57. The Morgan fingerprint density at radius 3 is 2.79 bits per heavy atom. The van der Waals surface area contributed by atoms with E-state index < -0.39 is 21.9 Å². The van der Waals surface area contributed by atoms with Gasteiger partial charge in [0.1, 0.15) is 0 Å². The van der Waals surface area contributed by atoms with Gasteiger partial charge in [-0.05, 0) is 24.6 Å². The molecule has 0 aliphatic carbocycles. The van der Waals surface area contributed by atoms with Gasteiger partial charge in [0.25, 0.3) is 0 Å². The molecule has 0 amide bonds. The van der Waals surface area contributed by atoms with Gasteiger partial charge in [0, 0.05) is 18.0 Å². The first-order valence-corrected chi connectivity index (χ1v) is 7.86. The first-order valence-electron chi connectivity index (χ1n) is 5.97. The van der Waals surface area contributed by atoms with E-state index >= 15 is 0 Å². The minimum atomic E-state index is -3.37. The van der Waals surface area contributed by atoms with Crippen LogP contribution in [0.5, 0.6) is 5.75 Å². The summed E-state index contributed by atoms with van der Waals surface area (Å²) in [5.74, 6) is -0.401. The quantitative estimate of drug-likeness (QED) is 0.876. The van der Waals surface area contributed by atoms with Gasteiger partial charge in [0.05, 0.1) is 18.9 Å². The zero-order valence-electron chi connectivity index (χ0n) is 10.8. The number of hydrogen-bond acceptors (Lipinski definition) is 4. The Bertz CT molecular complexity index is 587. The lowest BCUT2D eigenvalue weighted by molar-refractivity contribution is 0.250.